The third kappa shape index (κ3) is 7.69. The molecule has 2 aromatic rings. The molecule has 2 aliphatic rings. The van der Waals surface area contributed by atoms with Crippen LogP contribution in [0.5, 0.6) is 0 Å². The van der Waals surface area contributed by atoms with Crippen molar-refractivity contribution >= 4 is 41.1 Å². The molecule has 2 heterocycles. The van der Waals surface area contributed by atoms with Gasteiger partial charge in [0, 0.05) is 40.3 Å². The van der Waals surface area contributed by atoms with E-state index in [1.807, 2.05) is 24.3 Å². The number of fused-ring (bicyclic) bond motifs is 2. The maximum atomic E-state index is 13.6. The fourth-order valence-corrected chi connectivity index (χ4v) is 6.64. The van der Waals surface area contributed by atoms with Gasteiger partial charge in [-0.25, -0.2) is 4.79 Å². The zero-order chi connectivity index (χ0) is 33.4. The van der Waals surface area contributed by atoms with Gasteiger partial charge >= 0.3 is 18.2 Å². The second-order valence-electron chi connectivity index (χ2n) is 12.9. The summed E-state index contributed by atoms with van der Waals surface area (Å²) in [6.07, 6.45) is -4.18. The van der Waals surface area contributed by atoms with Crippen molar-refractivity contribution in [3.63, 3.8) is 0 Å². The zero-order valence-corrected chi connectivity index (χ0v) is 27.6. The van der Waals surface area contributed by atoms with Crippen molar-refractivity contribution in [2.75, 3.05) is 40.3 Å². The Balaban J connectivity index is 1.68. The third-order valence-electron chi connectivity index (χ3n) is 8.67. The monoisotopic (exact) mass is 670 g/mol. The van der Waals surface area contributed by atoms with E-state index in [4.69, 9.17) is 27.9 Å². The number of hydrogen-bond donors (Lipinski definition) is 1. The summed E-state index contributed by atoms with van der Waals surface area (Å²) in [6, 6.07) is 12.5. The molecule has 0 saturated carbocycles. The van der Waals surface area contributed by atoms with Crippen LogP contribution in [0.1, 0.15) is 56.7 Å². The molecule has 8 nitrogen and oxygen atoms in total. The summed E-state index contributed by atoms with van der Waals surface area (Å²) < 4.78 is 46.4. The molecule has 0 aliphatic carbocycles. The normalized spacial score (nSPS) is 18.0. The van der Waals surface area contributed by atoms with Crippen LogP contribution in [0.2, 0.25) is 10.0 Å². The van der Waals surface area contributed by atoms with E-state index in [0.29, 0.717) is 49.4 Å². The molecule has 1 saturated heterocycles. The van der Waals surface area contributed by atoms with Crippen LogP contribution in [0.15, 0.2) is 42.5 Å². The van der Waals surface area contributed by atoms with Crippen molar-refractivity contribution in [3.05, 3.63) is 69.2 Å². The molecule has 1 spiro atoms. The first-order valence-corrected chi connectivity index (χ1v) is 15.5. The van der Waals surface area contributed by atoms with Crippen LogP contribution in [-0.4, -0.2) is 84.7 Å². The highest BCUT2D eigenvalue weighted by Gasteiger charge is 2.48. The first kappa shape index (κ1) is 34.8. The summed E-state index contributed by atoms with van der Waals surface area (Å²) >= 11 is 12.6. The maximum absolute atomic E-state index is 13.6. The van der Waals surface area contributed by atoms with E-state index in [2.05, 4.69) is 10.2 Å². The van der Waals surface area contributed by atoms with Crippen LogP contribution in [-0.2, 0) is 31.8 Å². The van der Waals surface area contributed by atoms with E-state index in [1.54, 1.807) is 26.8 Å². The van der Waals surface area contributed by atoms with Gasteiger partial charge in [-0.3, -0.25) is 14.5 Å². The number of carbonyl (C=O) groups is 3. The Labute approximate surface area is 271 Å². The van der Waals surface area contributed by atoms with E-state index in [-0.39, 0.29) is 22.4 Å². The van der Waals surface area contributed by atoms with E-state index in [0.717, 1.165) is 18.2 Å². The lowest BCUT2D eigenvalue weighted by molar-refractivity contribution is -0.185. The number of ether oxygens (including phenoxy) is 1. The van der Waals surface area contributed by atoms with Gasteiger partial charge in [0.15, 0.2) is 0 Å². The minimum atomic E-state index is -5.12. The molecule has 45 heavy (non-hydrogen) atoms. The molecule has 1 atom stereocenters. The van der Waals surface area contributed by atoms with E-state index >= 15 is 0 Å². The molecule has 0 bridgehead atoms. The van der Waals surface area contributed by atoms with Gasteiger partial charge in [0.25, 0.3) is 0 Å². The average molecular weight is 672 g/mol. The Morgan fingerprint density at radius 2 is 1.67 bits per heavy atom. The highest BCUT2D eigenvalue weighted by atomic mass is 35.5. The minimum absolute atomic E-state index is 0.0304. The molecule has 2 aliphatic heterocycles. The third-order valence-corrected chi connectivity index (χ3v) is 9.41. The molecule has 13 heteroatoms. The molecule has 0 radical (unpaired) electrons. The average Bonchev–Trinajstić information content (AvgIpc) is 2.95. The van der Waals surface area contributed by atoms with Gasteiger partial charge < -0.3 is 19.9 Å². The summed E-state index contributed by atoms with van der Waals surface area (Å²) in [5, 5.41) is 3.59. The highest BCUT2D eigenvalue weighted by Crippen LogP contribution is 2.40. The topological polar surface area (TPSA) is 82.2 Å². The maximum Gasteiger partial charge on any atom is 0.471 e. The van der Waals surface area contributed by atoms with Gasteiger partial charge in [-0.15, -0.1) is 0 Å². The molecular weight excluding hydrogens is 632 g/mol. The molecule has 246 valence electrons. The van der Waals surface area contributed by atoms with E-state index in [9.17, 15) is 27.6 Å². The lowest BCUT2D eigenvalue weighted by atomic mass is 9.75. The number of piperidine rings is 1. The number of nitrogens with one attached hydrogen (secondary N) is 1. The van der Waals surface area contributed by atoms with Crippen molar-refractivity contribution in [1.82, 2.24) is 20.0 Å². The van der Waals surface area contributed by atoms with Crippen molar-refractivity contribution in [3.8, 4) is 0 Å². The van der Waals surface area contributed by atoms with Gasteiger partial charge in [-0.1, -0.05) is 53.5 Å². The SMILES string of the molecule is CN(CC(CCN1CCC2(CC1)NC(=O)Cc1ccccc12)(c1ccc(Cl)c(Cl)c1)N(C)C(=O)OC(C)(C)C)C(=O)C(F)(F)F. The molecular formula is C32H39Cl2F3N4O4. The van der Waals surface area contributed by atoms with Crippen molar-refractivity contribution in [2.45, 2.75) is 69.3 Å². The van der Waals surface area contributed by atoms with Gasteiger partial charge in [0.05, 0.1) is 27.5 Å². The first-order chi connectivity index (χ1) is 20.9. The van der Waals surface area contributed by atoms with E-state index in [1.165, 1.54) is 24.1 Å². The van der Waals surface area contributed by atoms with Gasteiger partial charge in [0.2, 0.25) is 5.91 Å². The lowest BCUT2D eigenvalue weighted by Crippen LogP contribution is -2.59. The number of likely N-dealkylation sites (tertiary alicyclic amines) is 1. The van der Waals surface area contributed by atoms with Crippen LogP contribution < -0.4 is 5.32 Å². The number of halogens is 5. The summed E-state index contributed by atoms with van der Waals surface area (Å²) in [4.78, 5) is 42.5. The second-order valence-corrected chi connectivity index (χ2v) is 13.7. The predicted octanol–water partition coefficient (Wildman–Crippen LogP) is 6.13. The molecule has 1 fully saturated rings. The Morgan fingerprint density at radius 1 is 1.02 bits per heavy atom. The molecule has 1 unspecified atom stereocenters. The number of hydrogen-bond acceptors (Lipinski definition) is 5. The fourth-order valence-electron chi connectivity index (χ4n) is 6.34. The zero-order valence-electron chi connectivity index (χ0n) is 26.1. The molecule has 3 amide bonds. The smallest absolute Gasteiger partial charge is 0.444 e. The van der Waals surface area contributed by atoms with Crippen LogP contribution in [0.25, 0.3) is 0 Å². The Hall–Kier alpha value is -3.02. The summed E-state index contributed by atoms with van der Waals surface area (Å²) in [5.74, 6) is -2.08. The quantitative estimate of drug-likeness (QED) is 0.383. The summed E-state index contributed by atoms with van der Waals surface area (Å²) in [7, 11) is 2.50. The Morgan fingerprint density at radius 3 is 2.27 bits per heavy atom. The number of nitrogens with zero attached hydrogens (tertiary/aromatic N) is 3. The molecule has 2 aromatic carbocycles. The number of carbonyl (C=O) groups excluding carboxylic acids is 3. The Kier molecular flexibility index (Phi) is 10.1. The fraction of sp³-hybridized carbons (Fsp3) is 0.531. The van der Waals surface area contributed by atoms with Crippen molar-refractivity contribution < 1.29 is 32.3 Å². The Bertz CT molecular complexity index is 1440. The van der Waals surface area contributed by atoms with Crippen LogP contribution >= 0.6 is 23.2 Å². The number of likely N-dealkylation sites (N-methyl/N-ethyl adjacent to an activating group) is 2. The lowest BCUT2D eigenvalue weighted by Gasteiger charge is -2.48. The van der Waals surface area contributed by atoms with Crippen molar-refractivity contribution in [1.29, 1.82) is 0 Å². The van der Waals surface area contributed by atoms with Crippen LogP contribution in [0.3, 0.4) is 0 Å². The number of rotatable bonds is 7. The van der Waals surface area contributed by atoms with Crippen LogP contribution in [0, 0.1) is 0 Å². The summed E-state index contributed by atoms with van der Waals surface area (Å²) in [5.41, 5.74) is -0.391. The van der Waals surface area contributed by atoms with Gasteiger partial charge in [-0.2, -0.15) is 13.2 Å². The van der Waals surface area contributed by atoms with Gasteiger partial charge in [-0.05, 0) is 68.9 Å². The largest absolute Gasteiger partial charge is 0.471 e. The standard InChI is InChI=1S/C32H39Cl2F3N4O4/c1-29(2,3)45-28(44)40(5)31(20-39(4)27(43)32(35,36)37,22-10-11-24(33)25(34)19-22)14-17-41-15-12-30(13-16-41)23-9-7-6-8-21(23)18-26(42)38-30/h6-11,19H,12-18,20H2,1-5H3,(H,38,42). The first-order valence-electron chi connectivity index (χ1n) is 14.7. The van der Waals surface area contributed by atoms with Gasteiger partial charge in [0.1, 0.15) is 5.60 Å². The molecule has 0 aromatic heterocycles. The molecule has 4 rings (SSSR count). The van der Waals surface area contributed by atoms with Crippen LogP contribution in [0.4, 0.5) is 18.0 Å². The second kappa shape index (κ2) is 13.0. The number of alkyl halides is 3. The van der Waals surface area contributed by atoms with E-state index < -0.39 is 41.4 Å². The highest BCUT2D eigenvalue weighted by molar-refractivity contribution is 6.42. The molecule has 1 N–H and O–H groups in total. The summed E-state index contributed by atoms with van der Waals surface area (Å²) in [6.45, 7) is 6.08. The number of benzene rings is 2. The minimum Gasteiger partial charge on any atom is -0.444 e. The predicted molar refractivity (Wildman–Crippen MR) is 166 cm³/mol. The van der Waals surface area contributed by atoms with Crippen molar-refractivity contribution in [2.24, 2.45) is 0 Å². The number of amides is 3.